The van der Waals surface area contributed by atoms with Crippen LogP contribution >= 0.6 is 0 Å². The Bertz CT molecular complexity index is 800. The number of hydrogen-bond donors (Lipinski definition) is 1. The Kier molecular flexibility index (Phi) is 7.12. The molecule has 3 aliphatic rings. The maximum Gasteiger partial charge on any atom is 0.175 e. The molecule has 7 atom stereocenters. The van der Waals surface area contributed by atoms with E-state index in [2.05, 4.69) is 58.7 Å². The number of hydrogen-bond acceptors (Lipinski definition) is 7. The molecule has 186 valence electrons. The number of epoxide rings is 1. The van der Waals surface area contributed by atoms with Crippen molar-refractivity contribution in [1.82, 2.24) is 5.06 Å². The van der Waals surface area contributed by atoms with Crippen molar-refractivity contribution < 1.29 is 28.9 Å². The third-order valence-electron chi connectivity index (χ3n) is 8.19. The van der Waals surface area contributed by atoms with Gasteiger partial charge in [-0.2, -0.15) is 5.06 Å². The molecule has 33 heavy (non-hydrogen) atoms. The lowest BCUT2D eigenvalue weighted by molar-refractivity contribution is -0.380. The number of benzene rings is 1. The standard InChI is InChI=1S/C26H41NO6/c1-7-24(5)17-26(31-16-22(13-28)32-26)19(4)25(6,8-2)27(24)33-18(3)20-9-11-21(12-10-20)29-14-23-15-30-23/h9-12,18-19,22-23,28H,7-8,13-17H2,1-6H3. The van der Waals surface area contributed by atoms with Gasteiger partial charge >= 0.3 is 0 Å². The molecule has 1 spiro atoms. The van der Waals surface area contributed by atoms with Crippen molar-refractivity contribution in [2.75, 3.05) is 26.4 Å². The molecule has 0 radical (unpaired) electrons. The van der Waals surface area contributed by atoms with Gasteiger partial charge in [-0.25, -0.2) is 0 Å². The molecule has 3 fully saturated rings. The molecule has 7 unspecified atom stereocenters. The fraction of sp³-hybridized carbons (Fsp3) is 0.769. The number of nitrogens with zero attached hydrogens (tertiary/aromatic N) is 1. The normalized spacial score (nSPS) is 39.7. The summed E-state index contributed by atoms with van der Waals surface area (Å²) in [5, 5.41) is 11.9. The lowest BCUT2D eigenvalue weighted by atomic mass is 9.67. The van der Waals surface area contributed by atoms with Crippen LogP contribution < -0.4 is 4.74 Å². The first-order chi connectivity index (χ1) is 15.7. The van der Waals surface area contributed by atoms with E-state index < -0.39 is 5.79 Å². The summed E-state index contributed by atoms with van der Waals surface area (Å²) in [6, 6.07) is 8.14. The second kappa shape index (κ2) is 9.44. The van der Waals surface area contributed by atoms with E-state index in [1.165, 1.54) is 0 Å². The van der Waals surface area contributed by atoms with Crippen LogP contribution in [0.3, 0.4) is 0 Å². The molecule has 0 bridgehead atoms. The fourth-order valence-corrected chi connectivity index (χ4v) is 5.39. The van der Waals surface area contributed by atoms with Crippen molar-refractivity contribution in [3.05, 3.63) is 29.8 Å². The summed E-state index contributed by atoms with van der Waals surface area (Å²) in [6.45, 7) is 15.0. The Labute approximate surface area is 198 Å². The van der Waals surface area contributed by atoms with Crippen molar-refractivity contribution in [2.24, 2.45) is 5.92 Å². The van der Waals surface area contributed by atoms with Gasteiger partial charge in [0.15, 0.2) is 5.79 Å². The summed E-state index contributed by atoms with van der Waals surface area (Å²) in [5.41, 5.74) is 0.501. The van der Waals surface area contributed by atoms with E-state index in [1.807, 2.05) is 12.1 Å². The molecule has 1 aromatic rings. The summed E-state index contributed by atoms with van der Waals surface area (Å²) in [7, 11) is 0. The third kappa shape index (κ3) is 4.68. The van der Waals surface area contributed by atoms with Crippen LogP contribution in [0.1, 0.15) is 72.5 Å². The van der Waals surface area contributed by atoms with E-state index in [-0.39, 0.29) is 41.9 Å². The number of hydroxylamine groups is 2. The Morgan fingerprint density at radius 1 is 1.12 bits per heavy atom. The van der Waals surface area contributed by atoms with Gasteiger partial charge in [-0.15, -0.1) is 0 Å². The summed E-state index contributed by atoms with van der Waals surface area (Å²) in [5.74, 6) is 0.190. The van der Waals surface area contributed by atoms with Crippen molar-refractivity contribution in [3.8, 4) is 5.75 Å². The van der Waals surface area contributed by atoms with Crippen LogP contribution in [0.4, 0.5) is 0 Å². The maximum atomic E-state index is 9.67. The molecule has 0 aliphatic carbocycles. The summed E-state index contributed by atoms with van der Waals surface area (Å²) < 4.78 is 23.7. The largest absolute Gasteiger partial charge is 0.491 e. The zero-order chi connectivity index (χ0) is 23.9. The average molecular weight is 464 g/mol. The second-order valence-corrected chi connectivity index (χ2v) is 10.4. The molecule has 0 aromatic heterocycles. The van der Waals surface area contributed by atoms with E-state index in [1.54, 1.807) is 0 Å². The molecule has 3 aliphatic heterocycles. The Morgan fingerprint density at radius 2 is 1.82 bits per heavy atom. The maximum absolute atomic E-state index is 9.67. The predicted octanol–water partition coefficient (Wildman–Crippen LogP) is 4.24. The molecule has 0 saturated carbocycles. The minimum Gasteiger partial charge on any atom is -0.491 e. The van der Waals surface area contributed by atoms with E-state index in [9.17, 15) is 5.11 Å². The second-order valence-electron chi connectivity index (χ2n) is 10.4. The summed E-state index contributed by atoms with van der Waals surface area (Å²) in [6.07, 6.45) is 2.30. The molecule has 3 saturated heterocycles. The molecule has 7 nitrogen and oxygen atoms in total. The number of rotatable bonds is 9. The predicted molar refractivity (Wildman–Crippen MR) is 125 cm³/mol. The highest BCUT2D eigenvalue weighted by Crippen LogP contribution is 2.54. The van der Waals surface area contributed by atoms with Crippen LogP contribution in [0.2, 0.25) is 0 Å². The Hall–Kier alpha value is -1.22. The number of aliphatic hydroxyl groups is 1. The van der Waals surface area contributed by atoms with Crippen molar-refractivity contribution in [2.45, 2.75) is 96.0 Å². The van der Waals surface area contributed by atoms with Crippen LogP contribution in [-0.4, -0.2) is 65.7 Å². The van der Waals surface area contributed by atoms with Crippen molar-refractivity contribution in [1.29, 1.82) is 0 Å². The quantitative estimate of drug-likeness (QED) is 0.549. The zero-order valence-electron chi connectivity index (χ0n) is 21.0. The van der Waals surface area contributed by atoms with Crippen LogP contribution in [-0.2, 0) is 19.0 Å². The van der Waals surface area contributed by atoms with Crippen LogP contribution in [0.25, 0.3) is 0 Å². The number of piperidine rings is 1. The molecule has 1 aromatic carbocycles. The Morgan fingerprint density at radius 3 is 2.36 bits per heavy atom. The molecule has 4 rings (SSSR count). The van der Waals surface area contributed by atoms with E-state index in [0.717, 1.165) is 30.8 Å². The van der Waals surface area contributed by atoms with E-state index in [4.69, 9.17) is 23.8 Å². The summed E-state index contributed by atoms with van der Waals surface area (Å²) >= 11 is 0. The lowest BCUT2D eigenvalue weighted by Gasteiger charge is -2.62. The van der Waals surface area contributed by atoms with Crippen molar-refractivity contribution in [3.63, 3.8) is 0 Å². The van der Waals surface area contributed by atoms with Gasteiger partial charge in [0.05, 0.1) is 25.4 Å². The monoisotopic (exact) mass is 463 g/mol. The van der Waals surface area contributed by atoms with Crippen LogP contribution in [0, 0.1) is 5.92 Å². The first-order valence-corrected chi connectivity index (χ1v) is 12.4. The van der Waals surface area contributed by atoms with Gasteiger partial charge in [0.1, 0.15) is 30.7 Å². The molecular weight excluding hydrogens is 422 g/mol. The molecule has 0 amide bonds. The molecular formula is C26H41NO6. The van der Waals surface area contributed by atoms with Gasteiger partial charge in [-0.05, 0) is 51.3 Å². The molecule has 7 heteroatoms. The first-order valence-electron chi connectivity index (χ1n) is 12.4. The smallest absolute Gasteiger partial charge is 0.175 e. The van der Waals surface area contributed by atoms with Gasteiger partial charge in [0.25, 0.3) is 0 Å². The van der Waals surface area contributed by atoms with Gasteiger partial charge in [-0.1, -0.05) is 32.9 Å². The van der Waals surface area contributed by atoms with Gasteiger partial charge < -0.3 is 24.1 Å². The topological polar surface area (TPSA) is 72.9 Å². The summed E-state index contributed by atoms with van der Waals surface area (Å²) in [4.78, 5) is 6.78. The molecule has 1 N–H and O–H groups in total. The van der Waals surface area contributed by atoms with E-state index >= 15 is 0 Å². The average Bonchev–Trinajstić information content (AvgIpc) is 3.58. The van der Waals surface area contributed by atoms with Crippen LogP contribution in [0.5, 0.6) is 5.75 Å². The number of aliphatic hydroxyl groups excluding tert-OH is 1. The zero-order valence-corrected chi connectivity index (χ0v) is 21.0. The minimum absolute atomic E-state index is 0.0230. The van der Waals surface area contributed by atoms with Gasteiger partial charge in [0.2, 0.25) is 0 Å². The third-order valence-corrected chi connectivity index (χ3v) is 8.19. The highest BCUT2D eigenvalue weighted by atomic mass is 16.8. The van der Waals surface area contributed by atoms with Crippen molar-refractivity contribution >= 4 is 0 Å². The van der Waals surface area contributed by atoms with Gasteiger partial charge in [-0.3, -0.25) is 4.84 Å². The van der Waals surface area contributed by atoms with Gasteiger partial charge in [0, 0.05) is 17.9 Å². The highest BCUT2D eigenvalue weighted by Gasteiger charge is 2.64. The SMILES string of the molecule is CCC1(C)CC2(OCC(CO)O2)C(C)C(C)(CC)N1OC(C)c1ccc(OCC2CO2)cc1. The lowest BCUT2D eigenvalue weighted by Crippen LogP contribution is -2.71. The number of ether oxygens (including phenoxy) is 4. The van der Waals surface area contributed by atoms with E-state index in [0.29, 0.717) is 19.6 Å². The fourth-order valence-electron chi connectivity index (χ4n) is 5.39. The molecule has 3 heterocycles. The minimum atomic E-state index is -0.712. The van der Waals surface area contributed by atoms with Crippen LogP contribution in [0.15, 0.2) is 24.3 Å². The first kappa shape index (κ1) is 24.9. The Balaban J connectivity index is 1.53. The highest BCUT2D eigenvalue weighted by molar-refractivity contribution is 5.28.